The number of carbonyl (C=O) groups excluding carboxylic acids is 1. The molecule has 7 nitrogen and oxygen atoms in total. The second-order valence-electron chi connectivity index (χ2n) is 8.74. The SMILES string of the molecule is CC(C)(C)OC(=O)N[C@@H](/C=C\COS(C)(=O)=O)CO[Si](C)(C)C(C)(C)C. The van der Waals surface area contributed by atoms with Crippen LogP contribution >= 0.6 is 0 Å². The predicted molar refractivity (Wildman–Crippen MR) is 106 cm³/mol. The smallest absolute Gasteiger partial charge is 0.408 e. The molecule has 26 heavy (non-hydrogen) atoms. The number of alkyl carbamates (subject to hydrolysis) is 1. The van der Waals surface area contributed by atoms with Gasteiger partial charge in [-0.3, -0.25) is 4.18 Å². The van der Waals surface area contributed by atoms with Crippen LogP contribution in [0.1, 0.15) is 41.5 Å². The third kappa shape index (κ3) is 11.7. The first kappa shape index (κ1) is 25.1. The standard InChI is InChI=1S/C17H35NO6SSi/c1-16(2,3)24-15(19)18-14(11-10-12-22-25(7,20)21)13-23-26(8,9)17(4,5)6/h10-11,14H,12-13H2,1-9H3,(H,18,19)/b11-10-/t14-/m0/s1. The molecular weight excluding hydrogens is 374 g/mol. The van der Waals surface area contributed by atoms with Crippen molar-refractivity contribution in [2.45, 2.75) is 71.3 Å². The van der Waals surface area contributed by atoms with Crippen LogP contribution in [0, 0.1) is 0 Å². The summed E-state index contributed by atoms with van der Waals surface area (Å²) < 4.78 is 38.1. The molecule has 0 saturated heterocycles. The van der Waals surface area contributed by atoms with Gasteiger partial charge < -0.3 is 14.5 Å². The van der Waals surface area contributed by atoms with E-state index in [1.54, 1.807) is 26.8 Å². The molecule has 0 aromatic carbocycles. The summed E-state index contributed by atoms with van der Waals surface area (Å²) in [5, 5.41) is 2.77. The van der Waals surface area contributed by atoms with Gasteiger partial charge in [-0.2, -0.15) is 8.42 Å². The van der Waals surface area contributed by atoms with E-state index in [0.717, 1.165) is 6.26 Å². The van der Waals surface area contributed by atoms with Crippen molar-refractivity contribution >= 4 is 24.5 Å². The van der Waals surface area contributed by atoms with Crippen molar-refractivity contribution in [1.29, 1.82) is 0 Å². The molecule has 0 unspecified atom stereocenters. The maximum absolute atomic E-state index is 12.0. The Labute approximate surface area is 159 Å². The number of rotatable bonds is 8. The highest BCUT2D eigenvalue weighted by molar-refractivity contribution is 7.85. The molecule has 0 heterocycles. The van der Waals surface area contributed by atoms with Crippen LogP contribution in [-0.2, 0) is 23.5 Å². The Kier molecular flexibility index (Phi) is 9.02. The van der Waals surface area contributed by atoms with E-state index in [2.05, 4.69) is 43.4 Å². The van der Waals surface area contributed by atoms with Crippen molar-refractivity contribution in [2.75, 3.05) is 19.5 Å². The third-order valence-electron chi connectivity index (χ3n) is 3.88. The lowest BCUT2D eigenvalue weighted by molar-refractivity contribution is 0.0499. The average Bonchev–Trinajstić information content (AvgIpc) is 2.36. The van der Waals surface area contributed by atoms with E-state index >= 15 is 0 Å². The molecule has 0 aromatic heterocycles. The van der Waals surface area contributed by atoms with Gasteiger partial charge >= 0.3 is 6.09 Å². The van der Waals surface area contributed by atoms with Crippen LogP contribution in [0.3, 0.4) is 0 Å². The first-order valence-electron chi connectivity index (χ1n) is 8.57. The topological polar surface area (TPSA) is 90.9 Å². The lowest BCUT2D eigenvalue weighted by Gasteiger charge is -2.37. The van der Waals surface area contributed by atoms with Gasteiger partial charge in [0.2, 0.25) is 0 Å². The molecule has 0 bridgehead atoms. The number of hydrogen-bond donors (Lipinski definition) is 1. The highest BCUT2D eigenvalue weighted by Crippen LogP contribution is 2.36. The highest BCUT2D eigenvalue weighted by atomic mass is 32.2. The summed E-state index contributed by atoms with van der Waals surface area (Å²) in [6.45, 7) is 16.1. The van der Waals surface area contributed by atoms with Crippen molar-refractivity contribution in [1.82, 2.24) is 5.32 Å². The van der Waals surface area contributed by atoms with E-state index in [4.69, 9.17) is 9.16 Å². The van der Waals surface area contributed by atoms with Crippen LogP contribution in [0.15, 0.2) is 12.2 Å². The van der Waals surface area contributed by atoms with Gasteiger partial charge in [0, 0.05) is 0 Å². The fourth-order valence-corrected chi connectivity index (χ4v) is 2.86. The first-order chi connectivity index (χ1) is 11.4. The summed E-state index contributed by atoms with van der Waals surface area (Å²) in [7, 11) is -5.51. The van der Waals surface area contributed by atoms with Crippen molar-refractivity contribution in [2.24, 2.45) is 0 Å². The molecular formula is C17H35NO6SSi. The third-order valence-corrected chi connectivity index (χ3v) is 8.94. The summed E-state index contributed by atoms with van der Waals surface area (Å²) >= 11 is 0. The maximum Gasteiger partial charge on any atom is 0.408 e. The van der Waals surface area contributed by atoms with Crippen LogP contribution in [0.2, 0.25) is 18.1 Å². The van der Waals surface area contributed by atoms with Gasteiger partial charge in [0.05, 0.1) is 25.5 Å². The molecule has 0 aliphatic rings. The molecule has 0 saturated carbocycles. The molecule has 9 heteroatoms. The molecule has 1 atom stereocenters. The molecule has 0 rings (SSSR count). The zero-order valence-corrected chi connectivity index (χ0v) is 19.3. The van der Waals surface area contributed by atoms with Crippen molar-refractivity contribution in [3.05, 3.63) is 12.2 Å². The minimum Gasteiger partial charge on any atom is -0.444 e. The zero-order chi connectivity index (χ0) is 20.8. The second-order valence-corrected chi connectivity index (χ2v) is 15.2. The van der Waals surface area contributed by atoms with Gasteiger partial charge in [-0.15, -0.1) is 0 Å². The monoisotopic (exact) mass is 409 g/mol. The normalized spacial score (nSPS) is 15.1. The highest BCUT2D eigenvalue weighted by Gasteiger charge is 2.37. The Bertz CT molecular complexity index is 587. The summed E-state index contributed by atoms with van der Waals surface area (Å²) in [6.07, 6.45) is 3.62. The minimum absolute atomic E-state index is 0.0343. The molecule has 0 aliphatic heterocycles. The fourth-order valence-electron chi connectivity index (χ4n) is 1.50. The zero-order valence-electron chi connectivity index (χ0n) is 17.5. The number of amides is 1. The lowest BCUT2D eigenvalue weighted by Crippen LogP contribution is -2.46. The molecule has 0 aromatic rings. The molecule has 1 N–H and O–H groups in total. The molecule has 1 amide bonds. The van der Waals surface area contributed by atoms with Gasteiger partial charge in [-0.25, -0.2) is 4.79 Å². The largest absolute Gasteiger partial charge is 0.444 e. The van der Waals surface area contributed by atoms with Crippen LogP contribution in [0.5, 0.6) is 0 Å². The Morgan fingerprint density at radius 3 is 2.12 bits per heavy atom. The molecule has 0 radical (unpaired) electrons. The molecule has 0 fully saturated rings. The summed E-state index contributed by atoms with van der Waals surface area (Å²) in [5.41, 5.74) is -0.613. The lowest BCUT2D eigenvalue weighted by atomic mass is 10.2. The van der Waals surface area contributed by atoms with Crippen molar-refractivity contribution < 1.29 is 26.6 Å². The Morgan fingerprint density at radius 1 is 1.15 bits per heavy atom. The second kappa shape index (κ2) is 9.34. The van der Waals surface area contributed by atoms with E-state index in [1.165, 1.54) is 6.08 Å². The first-order valence-corrected chi connectivity index (χ1v) is 13.3. The molecule has 0 aliphatic carbocycles. The summed E-state index contributed by atoms with van der Waals surface area (Å²) in [6, 6.07) is -0.456. The average molecular weight is 410 g/mol. The molecule has 154 valence electrons. The van der Waals surface area contributed by atoms with E-state index in [-0.39, 0.29) is 18.3 Å². The number of ether oxygens (including phenoxy) is 1. The van der Waals surface area contributed by atoms with Gasteiger partial charge in [0.1, 0.15) is 5.60 Å². The number of nitrogens with one attached hydrogen (secondary N) is 1. The van der Waals surface area contributed by atoms with Crippen LogP contribution in [-0.4, -0.2) is 53.9 Å². The van der Waals surface area contributed by atoms with Crippen molar-refractivity contribution in [3.63, 3.8) is 0 Å². The van der Waals surface area contributed by atoms with Gasteiger partial charge in [0.25, 0.3) is 10.1 Å². The van der Waals surface area contributed by atoms with Gasteiger partial charge in [0.15, 0.2) is 8.32 Å². The maximum atomic E-state index is 12.0. The van der Waals surface area contributed by atoms with E-state index in [0.29, 0.717) is 0 Å². The minimum atomic E-state index is -3.51. The van der Waals surface area contributed by atoms with Crippen LogP contribution < -0.4 is 5.32 Å². The molecule has 0 spiro atoms. The Hall–Kier alpha value is -0.903. The van der Waals surface area contributed by atoms with Crippen LogP contribution in [0.4, 0.5) is 4.79 Å². The van der Waals surface area contributed by atoms with Gasteiger partial charge in [-0.05, 0) is 38.9 Å². The summed E-state index contributed by atoms with van der Waals surface area (Å²) in [5.74, 6) is 0. The summed E-state index contributed by atoms with van der Waals surface area (Å²) in [4.78, 5) is 12.0. The van der Waals surface area contributed by atoms with E-state index in [9.17, 15) is 13.2 Å². The van der Waals surface area contributed by atoms with Gasteiger partial charge in [-0.1, -0.05) is 32.9 Å². The Morgan fingerprint density at radius 2 is 1.69 bits per heavy atom. The van der Waals surface area contributed by atoms with Crippen LogP contribution in [0.25, 0.3) is 0 Å². The predicted octanol–water partition coefficient (Wildman–Crippen LogP) is 3.43. The Balaban J connectivity index is 4.99. The fraction of sp³-hybridized carbons (Fsp3) is 0.824. The quantitative estimate of drug-likeness (QED) is 0.375. The number of hydrogen-bond acceptors (Lipinski definition) is 6. The number of carbonyl (C=O) groups is 1. The van der Waals surface area contributed by atoms with Crippen molar-refractivity contribution in [3.8, 4) is 0 Å². The van der Waals surface area contributed by atoms with E-state index < -0.39 is 36.2 Å². The van der Waals surface area contributed by atoms with E-state index in [1.807, 2.05) is 0 Å².